The number of hydrogen-bond donors (Lipinski definition) is 1. The summed E-state index contributed by atoms with van der Waals surface area (Å²) in [5, 5.41) is 0. The Morgan fingerprint density at radius 3 is 2.47 bits per heavy atom. The van der Waals surface area contributed by atoms with E-state index in [1.54, 1.807) is 0 Å². The Balaban J connectivity index is 2.36. The standard InChI is InChI=1S/C15H32N2/c1-5-13(4)15(16)11-17-9-6-7-14(8-10-17)12(2)3/h12-15H,5-11,16H2,1-4H3. The van der Waals surface area contributed by atoms with Crippen molar-refractivity contribution in [2.45, 2.75) is 59.4 Å². The second-order valence-electron chi connectivity index (χ2n) is 6.28. The third-order valence-electron chi connectivity index (χ3n) is 4.65. The highest BCUT2D eigenvalue weighted by Crippen LogP contribution is 2.24. The van der Waals surface area contributed by atoms with E-state index in [0.717, 1.165) is 18.4 Å². The highest BCUT2D eigenvalue weighted by atomic mass is 15.1. The first kappa shape index (κ1) is 15.0. The van der Waals surface area contributed by atoms with Crippen LogP contribution in [0.3, 0.4) is 0 Å². The van der Waals surface area contributed by atoms with Gasteiger partial charge in [-0.2, -0.15) is 0 Å². The molecule has 0 aromatic rings. The van der Waals surface area contributed by atoms with E-state index in [1.807, 2.05) is 0 Å². The van der Waals surface area contributed by atoms with E-state index in [4.69, 9.17) is 5.73 Å². The number of nitrogens with two attached hydrogens (primary N) is 1. The van der Waals surface area contributed by atoms with E-state index < -0.39 is 0 Å². The summed E-state index contributed by atoms with van der Waals surface area (Å²) in [7, 11) is 0. The molecule has 17 heavy (non-hydrogen) atoms. The quantitative estimate of drug-likeness (QED) is 0.800. The van der Waals surface area contributed by atoms with Gasteiger partial charge in [0.05, 0.1) is 0 Å². The van der Waals surface area contributed by atoms with Crippen LogP contribution in [0.1, 0.15) is 53.4 Å². The molecule has 0 amide bonds. The van der Waals surface area contributed by atoms with Crippen molar-refractivity contribution in [2.24, 2.45) is 23.5 Å². The largest absolute Gasteiger partial charge is 0.326 e. The van der Waals surface area contributed by atoms with Crippen molar-refractivity contribution in [1.29, 1.82) is 0 Å². The Morgan fingerprint density at radius 2 is 1.88 bits per heavy atom. The van der Waals surface area contributed by atoms with Crippen LogP contribution in [0.2, 0.25) is 0 Å². The van der Waals surface area contributed by atoms with Crippen LogP contribution in [0.15, 0.2) is 0 Å². The fourth-order valence-electron chi connectivity index (χ4n) is 2.81. The Morgan fingerprint density at radius 1 is 1.18 bits per heavy atom. The van der Waals surface area contributed by atoms with E-state index in [9.17, 15) is 0 Å². The van der Waals surface area contributed by atoms with Crippen LogP contribution in [0.5, 0.6) is 0 Å². The molecule has 1 aliphatic rings. The van der Waals surface area contributed by atoms with E-state index in [1.165, 1.54) is 38.8 Å². The van der Waals surface area contributed by atoms with Crippen LogP contribution >= 0.6 is 0 Å². The van der Waals surface area contributed by atoms with Crippen LogP contribution in [0.25, 0.3) is 0 Å². The molecule has 0 aromatic carbocycles. The number of hydrogen-bond acceptors (Lipinski definition) is 2. The Hall–Kier alpha value is -0.0800. The van der Waals surface area contributed by atoms with Crippen LogP contribution < -0.4 is 5.73 Å². The monoisotopic (exact) mass is 240 g/mol. The molecule has 0 spiro atoms. The SMILES string of the molecule is CCC(C)C(N)CN1CCCC(C(C)C)CC1. The molecule has 0 bridgehead atoms. The van der Waals surface area contributed by atoms with E-state index in [0.29, 0.717) is 12.0 Å². The van der Waals surface area contributed by atoms with Gasteiger partial charge in [0.15, 0.2) is 0 Å². The highest BCUT2D eigenvalue weighted by Gasteiger charge is 2.21. The zero-order chi connectivity index (χ0) is 12.8. The van der Waals surface area contributed by atoms with Gasteiger partial charge in [-0.3, -0.25) is 0 Å². The number of nitrogens with zero attached hydrogens (tertiary/aromatic N) is 1. The molecule has 1 aliphatic heterocycles. The molecule has 3 unspecified atom stereocenters. The van der Waals surface area contributed by atoms with Crippen molar-refractivity contribution in [3.05, 3.63) is 0 Å². The predicted molar refractivity (Wildman–Crippen MR) is 76.0 cm³/mol. The van der Waals surface area contributed by atoms with Crippen molar-refractivity contribution in [3.63, 3.8) is 0 Å². The molecule has 2 N–H and O–H groups in total. The molecule has 0 aliphatic carbocycles. The second-order valence-corrected chi connectivity index (χ2v) is 6.28. The van der Waals surface area contributed by atoms with Gasteiger partial charge in [0, 0.05) is 12.6 Å². The molecule has 0 saturated carbocycles. The summed E-state index contributed by atoms with van der Waals surface area (Å²) in [4.78, 5) is 2.60. The third kappa shape index (κ3) is 4.97. The van der Waals surface area contributed by atoms with Crippen LogP contribution in [0, 0.1) is 17.8 Å². The van der Waals surface area contributed by atoms with Gasteiger partial charge in [0.1, 0.15) is 0 Å². The second kappa shape index (κ2) is 7.38. The minimum absolute atomic E-state index is 0.357. The van der Waals surface area contributed by atoms with Crippen LogP contribution in [0.4, 0.5) is 0 Å². The fraction of sp³-hybridized carbons (Fsp3) is 1.00. The zero-order valence-electron chi connectivity index (χ0n) is 12.3. The third-order valence-corrected chi connectivity index (χ3v) is 4.65. The highest BCUT2D eigenvalue weighted by molar-refractivity contribution is 4.77. The minimum Gasteiger partial charge on any atom is -0.326 e. The maximum Gasteiger partial charge on any atom is 0.0193 e. The fourth-order valence-corrected chi connectivity index (χ4v) is 2.81. The maximum atomic E-state index is 6.26. The van der Waals surface area contributed by atoms with Gasteiger partial charge in [-0.25, -0.2) is 0 Å². The van der Waals surface area contributed by atoms with Crippen molar-refractivity contribution in [3.8, 4) is 0 Å². The van der Waals surface area contributed by atoms with Gasteiger partial charge in [-0.1, -0.05) is 34.1 Å². The topological polar surface area (TPSA) is 29.3 Å². The van der Waals surface area contributed by atoms with E-state index in [2.05, 4.69) is 32.6 Å². The summed E-state index contributed by atoms with van der Waals surface area (Å²) < 4.78 is 0. The first-order valence-electron chi connectivity index (χ1n) is 7.52. The smallest absolute Gasteiger partial charge is 0.0193 e. The van der Waals surface area contributed by atoms with Crippen molar-refractivity contribution in [1.82, 2.24) is 4.90 Å². The lowest BCUT2D eigenvalue weighted by atomic mass is 9.89. The predicted octanol–water partition coefficient (Wildman–Crippen LogP) is 3.12. The van der Waals surface area contributed by atoms with Gasteiger partial charge in [0.25, 0.3) is 0 Å². The van der Waals surface area contributed by atoms with Crippen LogP contribution in [-0.4, -0.2) is 30.6 Å². The summed E-state index contributed by atoms with van der Waals surface area (Å²) in [5.41, 5.74) is 6.26. The normalized spacial score (nSPS) is 26.8. The average Bonchev–Trinajstić information content (AvgIpc) is 2.53. The summed E-state index contributed by atoms with van der Waals surface area (Å²) in [6.07, 6.45) is 5.33. The van der Waals surface area contributed by atoms with Crippen molar-refractivity contribution >= 4 is 0 Å². The van der Waals surface area contributed by atoms with Crippen molar-refractivity contribution < 1.29 is 0 Å². The molecule has 102 valence electrons. The molecule has 1 saturated heterocycles. The molecule has 1 heterocycles. The first-order valence-corrected chi connectivity index (χ1v) is 7.52. The lowest BCUT2D eigenvalue weighted by Gasteiger charge is -2.27. The van der Waals surface area contributed by atoms with Crippen LogP contribution in [-0.2, 0) is 0 Å². The van der Waals surface area contributed by atoms with Gasteiger partial charge in [-0.15, -0.1) is 0 Å². The summed E-state index contributed by atoms with van der Waals surface area (Å²) in [6.45, 7) is 12.9. The Kier molecular flexibility index (Phi) is 6.50. The molecule has 3 atom stereocenters. The van der Waals surface area contributed by atoms with E-state index in [-0.39, 0.29) is 0 Å². The molecule has 2 nitrogen and oxygen atoms in total. The first-order chi connectivity index (χ1) is 8.04. The summed E-state index contributed by atoms with van der Waals surface area (Å²) in [5.74, 6) is 2.43. The van der Waals surface area contributed by atoms with Gasteiger partial charge >= 0.3 is 0 Å². The number of likely N-dealkylation sites (tertiary alicyclic amines) is 1. The minimum atomic E-state index is 0.357. The van der Waals surface area contributed by atoms with Gasteiger partial charge < -0.3 is 10.6 Å². The lowest BCUT2D eigenvalue weighted by molar-refractivity contribution is 0.233. The average molecular weight is 240 g/mol. The summed E-state index contributed by atoms with van der Waals surface area (Å²) in [6, 6.07) is 0.357. The molecule has 1 rings (SSSR count). The summed E-state index contributed by atoms with van der Waals surface area (Å²) >= 11 is 0. The van der Waals surface area contributed by atoms with E-state index >= 15 is 0 Å². The zero-order valence-corrected chi connectivity index (χ0v) is 12.3. The molecular weight excluding hydrogens is 208 g/mol. The molecule has 1 fully saturated rings. The van der Waals surface area contributed by atoms with Gasteiger partial charge in [0.2, 0.25) is 0 Å². The lowest BCUT2D eigenvalue weighted by Crippen LogP contribution is -2.41. The van der Waals surface area contributed by atoms with Gasteiger partial charge in [-0.05, 0) is 50.1 Å². The number of rotatable bonds is 5. The van der Waals surface area contributed by atoms with Crippen molar-refractivity contribution in [2.75, 3.05) is 19.6 Å². The molecule has 0 radical (unpaired) electrons. The Bertz CT molecular complexity index is 203. The Labute approximate surface area is 108 Å². The molecule has 2 heteroatoms. The molecular formula is C15H32N2. The maximum absolute atomic E-state index is 6.26. The molecule has 0 aromatic heterocycles.